The molecule has 0 aliphatic heterocycles. The quantitative estimate of drug-likeness (QED) is 0.545. The third kappa shape index (κ3) is 3.81. The molecular weight excluding hydrogens is 387 g/mol. The first-order valence-corrected chi connectivity index (χ1v) is 9.74. The van der Waals surface area contributed by atoms with Crippen molar-refractivity contribution in [2.45, 2.75) is 11.4 Å². The molecule has 0 saturated heterocycles. The van der Waals surface area contributed by atoms with Crippen molar-refractivity contribution in [2.24, 2.45) is 0 Å². The van der Waals surface area contributed by atoms with Crippen molar-refractivity contribution in [3.05, 3.63) is 86.1 Å². The Bertz CT molecular complexity index is 1040. The van der Waals surface area contributed by atoms with Gasteiger partial charge in [0, 0.05) is 14.9 Å². The highest BCUT2D eigenvalue weighted by molar-refractivity contribution is 7.98. The van der Waals surface area contributed by atoms with Gasteiger partial charge in [0.05, 0.1) is 12.2 Å². The standard InChI is InChI=1S/C20H14Cl2N2OS/c1-26-19-10-18(14-4-8-16(22)9-5-14)24(20(25)17(19)11-23)12-13-2-6-15(21)7-3-13/h2-10H,12H2,1H3. The number of hydrogen-bond acceptors (Lipinski definition) is 3. The van der Waals surface area contributed by atoms with Gasteiger partial charge in [0.15, 0.2) is 0 Å². The second-order valence-electron chi connectivity index (χ2n) is 5.61. The van der Waals surface area contributed by atoms with E-state index in [2.05, 4.69) is 0 Å². The first-order valence-electron chi connectivity index (χ1n) is 7.76. The van der Waals surface area contributed by atoms with Gasteiger partial charge in [-0.25, -0.2) is 0 Å². The third-order valence-electron chi connectivity index (χ3n) is 3.99. The number of nitrogens with zero attached hydrogens (tertiary/aromatic N) is 2. The summed E-state index contributed by atoms with van der Waals surface area (Å²) in [6.45, 7) is 0.345. The Balaban J connectivity index is 2.22. The molecule has 6 heteroatoms. The van der Waals surface area contributed by atoms with Gasteiger partial charge in [-0.3, -0.25) is 4.79 Å². The fourth-order valence-corrected chi connectivity index (χ4v) is 3.50. The average molecular weight is 401 g/mol. The molecule has 3 nitrogen and oxygen atoms in total. The van der Waals surface area contributed by atoms with Gasteiger partial charge in [0.25, 0.3) is 5.56 Å². The Hall–Kier alpha value is -2.19. The minimum absolute atomic E-state index is 0.157. The van der Waals surface area contributed by atoms with Crippen LogP contribution < -0.4 is 5.56 Å². The predicted molar refractivity (Wildman–Crippen MR) is 108 cm³/mol. The normalized spacial score (nSPS) is 10.5. The van der Waals surface area contributed by atoms with Crippen molar-refractivity contribution >= 4 is 35.0 Å². The maximum Gasteiger partial charge on any atom is 0.270 e. The summed E-state index contributed by atoms with van der Waals surface area (Å²) < 4.78 is 1.62. The van der Waals surface area contributed by atoms with Crippen LogP contribution in [0.4, 0.5) is 0 Å². The summed E-state index contributed by atoms with van der Waals surface area (Å²) in [5, 5.41) is 10.7. The summed E-state index contributed by atoms with van der Waals surface area (Å²) >= 11 is 13.3. The lowest BCUT2D eigenvalue weighted by Gasteiger charge is -2.16. The molecule has 0 N–H and O–H groups in total. The first-order chi connectivity index (χ1) is 12.5. The van der Waals surface area contributed by atoms with Crippen LogP contribution in [0.3, 0.4) is 0 Å². The highest BCUT2D eigenvalue weighted by atomic mass is 35.5. The molecule has 2 aromatic carbocycles. The fraction of sp³-hybridized carbons (Fsp3) is 0.100. The second-order valence-corrected chi connectivity index (χ2v) is 7.33. The Kier molecular flexibility index (Phi) is 5.73. The maximum absolute atomic E-state index is 13.0. The molecule has 3 rings (SSSR count). The number of pyridine rings is 1. The van der Waals surface area contributed by atoms with E-state index in [9.17, 15) is 10.1 Å². The molecule has 1 heterocycles. The van der Waals surface area contributed by atoms with E-state index in [1.54, 1.807) is 28.8 Å². The monoisotopic (exact) mass is 400 g/mol. The molecule has 0 aliphatic rings. The fourth-order valence-electron chi connectivity index (χ4n) is 2.68. The molecule has 0 saturated carbocycles. The molecule has 0 radical (unpaired) electrons. The summed E-state index contributed by atoms with van der Waals surface area (Å²) in [6.07, 6.45) is 1.85. The summed E-state index contributed by atoms with van der Waals surface area (Å²) in [5.41, 5.74) is 2.38. The van der Waals surface area contributed by atoms with E-state index in [1.807, 2.05) is 42.7 Å². The van der Waals surface area contributed by atoms with Crippen molar-refractivity contribution in [3.63, 3.8) is 0 Å². The number of hydrogen-bond donors (Lipinski definition) is 0. The Morgan fingerprint density at radius 3 is 2.15 bits per heavy atom. The molecule has 0 fully saturated rings. The minimum atomic E-state index is -0.306. The molecule has 1 aromatic heterocycles. The van der Waals surface area contributed by atoms with Crippen LogP contribution in [0.1, 0.15) is 11.1 Å². The number of rotatable bonds is 4. The van der Waals surface area contributed by atoms with Gasteiger partial charge < -0.3 is 4.57 Å². The van der Waals surface area contributed by atoms with E-state index in [0.29, 0.717) is 21.5 Å². The predicted octanol–water partition coefficient (Wildman–Crippen LogP) is 5.46. The number of aromatic nitrogens is 1. The lowest BCUT2D eigenvalue weighted by atomic mass is 10.1. The molecular formula is C20H14Cl2N2OS. The lowest BCUT2D eigenvalue weighted by molar-refractivity contribution is 0.759. The number of halogens is 2. The molecule has 0 spiro atoms. The number of benzene rings is 2. The molecule has 3 aromatic rings. The smallest absolute Gasteiger partial charge is 0.270 e. The van der Waals surface area contributed by atoms with Crippen LogP contribution in [0.5, 0.6) is 0 Å². The Morgan fingerprint density at radius 2 is 1.62 bits per heavy atom. The van der Waals surface area contributed by atoms with Crippen LogP contribution in [-0.2, 0) is 6.54 Å². The van der Waals surface area contributed by atoms with Crippen LogP contribution in [0.25, 0.3) is 11.3 Å². The zero-order valence-electron chi connectivity index (χ0n) is 13.9. The summed E-state index contributed by atoms with van der Waals surface area (Å²) in [4.78, 5) is 13.6. The van der Waals surface area contributed by atoms with E-state index in [4.69, 9.17) is 23.2 Å². The second kappa shape index (κ2) is 8.01. The van der Waals surface area contributed by atoms with Crippen LogP contribution in [0.15, 0.2) is 64.3 Å². The van der Waals surface area contributed by atoms with Gasteiger partial charge in [0.2, 0.25) is 0 Å². The summed E-state index contributed by atoms with van der Waals surface area (Å²) in [6, 6.07) is 18.5. The summed E-state index contributed by atoms with van der Waals surface area (Å²) in [5.74, 6) is 0. The Morgan fingerprint density at radius 1 is 1.04 bits per heavy atom. The van der Waals surface area contributed by atoms with Crippen molar-refractivity contribution in [1.82, 2.24) is 4.57 Å². The Labute approximate surface area is 165 Å². The van der Waals surface area contributed by atoms with Gasteiger partial charge in [-0.2, -0.15) is 5.26 Å². The van der Waals surface area contributed by atoms with E-state index in [0.717, 1.165) is 16.8 Å². The lowest BCUT2D eigenvalue weighted by Crippen LogP contribution is -2.25. The first kappa shape index (κ1) is 18.6. The van der Waals surface area contributed by atoms with Crippen molar-refractivity contribution in [3.8, 4) is 17.3 Å². The highest BCUT2D eigenvalue weighted by Gasteiger charge is 2.16. The molecule has 130 valence electrons. The molecule has 26 heavy (non-hydrogen) atoms. The van der Waals surface area contributed by atoms with Crippen molar-refractivity contribution in [2.75, 3.05) is 6.26 Å². The van der Waals surface area contributed by atoms with Crippen LogP contribution in [0, 0.1) is 11.3 Å². The third-order valence-corrected chi connectivity index (χ3v) is 5.26. The van der Waals surface area contributed by atoms with E-state index < -0.39 is 0 Å². The van der Waals surface area contributed by atoms with Crippen molar-refractivity contribution < 1.29 is 0 Å². The van der Waals surface area contributed by atoms with Gasteiger partial charge in [-0.1, -0.05) is 47.5 Å². The van der Waals surface area contributed by atoms with Crippen molar-refractivity contribution in [1.29, 1.82) is 5.26 Å². The number of nitriles is 1. The number of thioether (sulfide) groups is 1. The van der Waals surface area contributed by atoms with Crippen LogP contribution >= 0.6 is 35.0 Å². The molecule has 0 atom stereocenters. The zero-order valence-corrected chi connectivity index (χ0v) is 16.2. The molecule has 0 bridgehead atoms. The molecule has 0 aliphatic carbocycles. The van der Waals surface area contributed by atoms with Gasteiger partial charge in [0.1, 0.15) is 11.6 Å². The van der Waals surface area contributed by atoms with E-state index in [1.165, 1.54) is 11.8 Å². The van der Waals surface area contributed by atoms with Gasteiger partial charge in [-0.05, 0) is 47.7 Å². The maximum atomic E-state index is 13.0. The molecule has 0 amide bonds. The van der Waals surface area contributed by atoms with Crippen LogP contribution in [-0.4, -0.2) is 10.8 Å². The van der Waals surface area contributed by atoms with Gasteiger partial charge in [-0.15, -0.1) is 11.8 Å². The largest absolute Gasteiger partial charge is 0.303 e. The van der Waals surface area contributed by atoms with Gasteiger partial charge >= 0.3 is 0 Å². The highest BCUT2D eigenvalue weighted by Crippen LogP contribution is 2.27. The average Bonchev–Trinajstić information content (AvgIpc) is 2.65. The summed E-state index contributed by atoms with van der Waals surface area (Å²) in [7, 11) is 0. The van der Waals surface area contributed by atoms with E-state index >= 15 is 0 Å². The zero-order chi connectivity index (χ0) is 18.7. The SMILES string of the molecule is CSc1cc(-c2ccc(Cl)cc2)n(Cc2ccc(Cl)cc2)c(=O)c1C#N. The van der Waals surface area contributed by atoms with E-state index in [-0.39, 0.29) is 11.1 Å². The van der Waals surface area contributed by atoms with Crippen LogP contribution in [0.2, 0.25) is 10.0 Å². The molecule has 0 unspecified atom stereocenters. The minimum Gasteiger partial charge on any atom is -0.303 e. The topological polar surface area (TPSA) is 45.8 Å².